The van der Waals surface area contributed by atoms with Crippen molar-refractivity contribution >= 4 is 31.3 Å². The standard InChI is InChI=1S/C13H18ClNO4S/c1-3-5-6-13(16)15-10-7-8-11(19-4-2)12(9-10)20(14,17)18/h7-9H,3-6H2,1-2H3,(H,15,16). The molecule has 20 heavy (non-hydrogen) atoms. The Kier molecular flexibility index (Phi) is 6.29. The summed E-state index contributed by atoms with van der Waals surface area (Å²) in [6.07, 6.45) is 2.09. The number of nitrogens with one attached hydrogen (secondary N) is 1. The molecule has 1 N–H and O–H groups in total. The van der Waals surface area contributed by atoms with Gasteiger partial charge in [0.25, 0.3) is 9.05 Å². The second-order valence-corrected chi connectivity index (χ2v) is 6.72. The van der Waals surface area contributed by atoms with Crippen LogP contribution < -0.4 is 10.1 Å². The van der Waals surface area contributed by atoms with Gasteiger partial charge in [0, 0.05) is 22.8 Å². The predicted octanol–water partition coefficient (Wildman–Crippen LogP) is 3.14. The second-order valence-electron chi connectivity index (χ2n) is 4.18. The second kappa shape index (κ2) is 7.50. The maximum absolute atomic E-state index is 11.6. The molecule has 0 aromatic heterocycles. The van der Waals surface area contributed by atoms with E-state index >= 15 is 0 Å². The summed E-state index contributed by atoms with van der Waals surface area (Å²) in [5.74, 6) is 0.0167. The van der Waals surface area contributed by atoms with Crippen LogP contribution in [0.25, 0.3) is 0 Å². The van der Waals surface area contributed by atoms with Gasteiger partial charge in [-0.2, -0.15) is 0 Å². The van der Waals surface area contributed by atoms with Crippen LogP contribution in [0.1, 0.15) is 33.1 Å². The van der Waals surface area contributed by atoms with E-state index in [1.807, 2.05) is 6.92 Å². The topological polar surface area (TPSA) is 72.5 Å². The van der Waals surface area contributed by atoms with Gasteiger partial charge in [-0.15, -0.1) is 0 Å². The van der Waals surface area contributed by atoms with E-state index < -0.39 is 9.05 Å². The molecule has 1 aromatic rings. The van der Waals surface area contributed by atoms with Gasteiger partial charge >= 0.3 is 0 Å². The summed E-state index contributed by atoms with van der Waals surface area (Å²) in [6, 6.07) is 4.37. The van der Waals surface area contributed by atoms with Crippen molar-refractivity contribution in [3.05, 3.63) is 18.2 Å². The summed E-state index contributed by atoms with van der Waals surface area (Å²) >= 11 is 0. The summed E-state index contributed by atoms with van der Waals surface area (Å²) in [4.78, 5) is 11.5. The summed E-state index contributed by atoms with van der Waals surface area (Å²) in [6.45, 7) is 4.05. The number of benzene rings is 1. The molecule has 0 aliphatic rings. The van der Waals surface area contributed by atoms with Gasteiger partial charge in [0.15, 0.2) is 0 Å². The van der Waals surface area contributed by atoms with Crippen molar-refractivity contribution in [2.75, 3.05) is 11.9 Å². The SMILES string of the molecule is CCCCC(=O)Nc1ccc(OCC)c(S(=O)(=O)Cl)c1. The van der Waals surface area contributed by atoms with Gasteiger partial charge in [-0.1, -0.05) is 13.3 Å². The van der Waals surface area contributed by atoms with E-state index in [0.29, 0.717) is 18.7 Å². The number of ether oxygens (including phenoxy) is 1. The van der Waals surface area contributed by atoms with Crippen molar-refractivity contribution in [1.82, 2.24) is 0 Å². The van der Waals surface area contributed by atoms with E-state index in [0.717, 1.165) is 12.8 Å². The highest BCUT2D eigenvalue weighted by atomic mass is 35.7. The fraction of sp³-hybridized carbons (Fsp3) is 0.462. The summed E-state index contributed by atoms with van der Waals surface area (Å²) < 4.78 is 28.2. The van der Waals surface area contributed by atoms with E-state index in [9.17, 15) is 13.2 Å². The first-order chi connectivity index (χ1) is 9.38. The molecule has 1 amide bonds. The van der Waals surface area contributed by atoms with Gasteiger partial charge in [-0.05, 0) is 31.5 Å². The van der Waals surface area contributed by atoms with E-state index in [1.54, 1.807) is 13.0 Å². The van der Waals surface area contributed by atoms with Gasteiger partial charge in [0.1, 0.15) is 10.6 Å². The zero-order valence-corrected chi connectivity index (χ0v) is 13.1. The number of amides is 1. The molecule has 112 valence electrons. The lowest BCUT2D eigenvalue weighted by atomic mass is 10.2. The minimum Gasteiger partial charge on any atom is -0.492 e. The molecule has 0 aliphatic heterocycles. The van der Waals surface area contributed by atoms with E-state index in [-0.39, 0.29) is 16.6 Å². The minimum atomic E-state index is -3.93. The number of carbonyl (C=O) groups is 1. The molecule has 0 fully saturated rings. The van der Waals surface area contributed by atoms with E-state index in [4.69, 9.17) is 15.4 Å². The quantitative estimate of drug-likeness (QED) is 0.784. The molecule has 0 unspecified atom stereocenters. The highest BCUT2D eigenvalue weighted by Gasteiger charge is 2.18. The van der Waals surface area contributed by atoms with Crippen LogP contribution >= 0.6 is 10.7 Å². The largest absolute Gasteiger partial charge is 0.492 e. The number of rotatable bonds is 7. The summed E-state index contributed by atoms with van der Waals surface area (Å²) in [7, 11) is 1.44. The molecule has 5 nitrogen and oxygen atoms in total. The van der Waals surface area contributed by atoms with Crippen LogP contribution in [0.4, 0.5) is 5.69 Å². The molecular formula is C13H18ClNO4S. The van der Waals surface area contributed by atoms with Gasteiger partial charge in [0.2, 0.25) is 5.91 Å². The average Bonchev–Trinajstić information content (AvgIpc) is 2.37. The van der Waals surface area contributed by atoms with Crippen LogP contribution in [0.2, 0.25) is 0 Å². The van der Waals surface area contributed by atoms with Crippen LogP contribution in [0.5, 0.6) is 5.75 Å². The van der Waals surface area contributed by atoms with Crippen LogP contribution in [-0.4, -0.2) is 20.9 Å². The number of hydrogen-bond donors (Lipinski definition) is 1. The van der Waals surface area contributed by atoms with Gasteiger partial charge in [-0.25, -0.2) is 8.42 Å². The first-order valence-corrected chi connectivity index (χ1v) is 8.70. The maximum atomic E-state index is 11.6. The predicted molar refractivity (Wildman–Crippen MR) is 78.8 cm³/mol. The fourth-order valence-corrected chi connectivity index (χ4v) is 2.61. The smallest absolute Gasteiger partial charge is 0.265 e. The Morgan fingerprint density at radius 2 is 2.05 bits per heavy atom. The van der Waals surface area contributed by atoms with Crippen molar-refractivity contribution in [3.8, 4) is 5.75 Å². The zero-order valence-electron chi connectivity index (χ0n) is 11.5. The number of halogens is 1. The summed E-state index contributed by atoms with van der Waals surface area (Å²) in [5.41, 5.74) is 0.383. The van der Waals surface area contributed by atoms with Gasteiger partial charge < -0.3 is 10.1 Å². The van der Waals surface area contributed by atoms with Crippen molar-refractivity contribution in [1.29, 1.82) is 0 Å². The van der Waals surface area contributed by atoms with Crippen molar-refractivity contribution < 1.29 is 17.9 Å². The van der Waals surface area contributed by atoms with E-state index in [1.165, 1.54) is 12.1 Å². The molecule has 0 saturated carbocycles. The molecule has 7 heteroatoms. The van der Waals surface area contributed by atoms with E-state index in [2.05, 4.69) is 5.32 Å². The first-order valence-electron chi connectivity index (χ1n) is 6.39. The normalized spacial score (nSPS) is 11.2. The van der Waals surface area contributed by atoms with Gasteiger partial charge in [-0.3, -0.25) is 4.79 Å². The molecule has 0 spiro atoms. The molecular weight excluding hydrogens is 302 g/mol. The minimum absolute atomic E-state index is 0.144. The molecule has 0 atom stereocenters. The van der Waals surface area contributed by atoms with Crippen molar-refractivity contribution in [2.24, 2.45) is 0 Å². The highest BCUT2D eigenvalue weighted by molar-refractivity contribution is 8.13. The Morgan fingerprint density at radius 3 is 2.60 bits per heavy atom. The lowest BCUT2D eigenvalue weighted by Crippen LogP contribution is -2.11. The van der Waals surface area contributed by atoms with Crippen molar-refractivity contribution in [3.63, 3.8) is 0 Å². The number of hydrogen-bond acceptors (Lipinski definition) is 4. The Labute approximate surface area is 123 Å². The molecule has 0 radical (unpaired) electrons. The molecule has 1 aromatic carbocycles. The number of unbranched alkanes of at least 4 members (excludes halogenated alkanes) is 1. The monoisotopic (exact) mass is 319 g/mol. The van der Waals surface area contributed by atoms with Crippen LogP contribution in [-0.2, 0) is 13.8 Å². The molecule has 0 saturated heterocycles. The van der Waals surface area contributed by atoms with Gasteiger partial charge in [0.05, 0.1) is 6.61 Å². The number of anilines is 1. The molecule has 0 aliphatic carbocycles. The molecule has 0 heterocycles. The fourth-order valence-electron chi connectivity index (χ4n) is 1.61. The first kappa shape index (κ1) is 16.8. The Morgan fingerprint density at radius 1 is 1.35 bits per heavy atom. The highest BCUT2D eigenvalue weighted by Crippen LogP contribution is 2.30. The molecule has 1 rings (SSSR count). The third kappa shape index (κ3) is 5.02. The average molecular weight is 320 g/mol. The zero-order chi connectivity index (χ0) is 15.2. The summed E-state index contributed by atoms with van der Waals surface area (Å²) in [5, 5.41) is 2.64. The maximum Gasteiger partial charge on any atom is 0.265 e. The lowest BCUT2D eigenvalue weighted by molar-refractivity contribution is -0.116. The lowest BCUT2D eigenvalue weighted by Gasteiger charge is -2.10. The van der Waals surface area contributed by atoms with Crippen LogP contribution in [0.3, 0.4) is 0 Å². The third-order valence-electron chi connectivity index (χ3n) is 2.55. The molecule has 0 bridgehead atoms. The van der Waals surface area contributed by atoms with Crippen LogP contribution in [0, 0.1) is 0 Å². The third-order valence-corrected chi connectivity index (χ3v) is 3.89. The Hall–Kier alpha value is -1.27. The van der Waals surface area contributed by atoms with Crippen molar-refractivity contribution in [2.45, 2.75) is 38.0 Å². The Bertz CT molecular complexity index is 572. The Balaban J connectivity index is 2.98. The van der Waals surface area contributed by atoms with Crippen LogP contribution in [0.15, 0.2) is 23.1 Å². The number of carbonyl (C=O) groups excluding carboxylic acids is 1.